The van der Waals surface area contributed by atoms with Gasteiger partial charge in [-0.05, 0) is 52.2 Å². The van der Waals surface area contributed by atoms with Crippen LogP contribution in [0.2, 0.25) is 0 Å². The molecule has 3 aromatic rings. The topological polar surface area (TPSA) is 93.1 Å². The SMILES string of the molecule is CNC(=O)CNc1cc(NC(C)(C)C)nc2cc(-c3ccnn3C3CCCCO3)sc12. The van der Waals surface area contributed by atoms with Gasteiger partial charge in [-0.25, -0.2) is 9.67 Å². The molecule has 1 aliphatic heterocycles. The number of amides is 1. The van der Waals surface area contributed by atoms with Crippen molar-refractivity contribution in [2.24, 2.45) is 0 Å². The van der Waals surface area contributed by atoms with E-state index >= 15 is 0 Å². The van der Waals surface area contributed by atoms with Crippen molar-refractivity contribution in [3.63, 3.8) is 0 Å². The number of thiophene rings is 1. The summed E-state index contributed by atoms with van der Waals surface area (Å²) < 4.78 is 8.95. The lowest BCUT2D eigenvalue weighted by molar-refractivity contribution is -0.118. The Labute approximate surface area is 186 Å². The summed E-state index contributed by atoms with van der Waals surface area (Å²) in [5.74, 6) is 0.701. The van der Waals surface area contributed by atoms with Gasteiger partial charge in [-0.1, -0.05) is 0 Å². The predicted molar refractivity (Wildman–Crippen MR) is 126 cm³/mol. The van der Waals surface area contributed by atoms with Crippen molar-refractivity contribution in [1.29, 1.82) is 0 Å². The molecule has 0 bridgehead atoms. The van der Waals surface area contributed by atoms with Gasteiger partial charge < -0.3 is 20.7 Å². The van der Waals surface area contributed by atoms with Gasteiger partial charge in [0.15, 0.2) is 6.23 Å². The monoisotopic (exact) mass is 442 g/mol. The van der Waals surface area contributed by atoms with E-state index in [1.165, 1.54) is 0 Å². The molecule has 4 heterocycles. The highest BCUT2D eigenvalue weighted by Crippen LogP contribution is 2.39. The molecule has 1 saturated heterocycles. The van der Waals surface area contributed by atoms with Gasteiger partial charge >= 0.3 is 0 Å². The average molecular weight is 443 g/mol. The van der Waals surface area contributed by atoms with Crippen LogP contribution in [0.1, 0.15) is 46.3 Å². The van der Waals surface area contributed by atoms with E-state index in [4.69, 9.17) is 9.72 Å². The summed E-state index contributed by atoms with van der Waals surface area (Å²) in [6.07, 6.45) is 5.01. The molecule has 0 saturated carbocycles. The fraction of sp³-hybridized carbons (Fsp3) is 0.500. The van der Waals surface area contributed by atoms with Crippen LogP contribution in [0, 0.1) is 0 Å². The van der Waals surface area contributed by atoms with Crippen molar-refractivity contribution in [2.75, 3.05) is 30.8 Å². The van der Waals surface area contributed by atoms with Gasteiger partial charge in [-0.3, -0.25) is 4.79 Å². The molecule has 1 unspecified atom stereocenters. The molecule has 0 spiro atoms. The third kappa shape index (κ3) is 4.99. The molecule has 31 heavy (non-hydrogen) atoms. The molecule has 4 rings (SSSR count). The molecule has 0 radical (unpaired) electrons. The number of carbonyl (C=O) groups is 1. The average Bonchev–Trinajstić information content (AvgIpc) is 3.38. The number of nitrogens with one attached hydrogen (secondary N) is 3. The van der Waals surface area contributed by atoms with Crippen LogP contribution in [0.5, 0.6) is 0 Å². The Hall–Kier alpha value is -2.65. The van der Waals surface area contributed by atoms with Crippen molar-refractivity contribution >= 4 is 39.0 Å². The first-order valence-electron chi connectivity index (χ1n) is 10.7. The molecule has 1 atom stereocenters. The highest BCUT2D eigenvalue weighted by atomic mass is 32.1. The van der Waals surface area contributed by atoms with Gasteiger partial charge in [0.05, 0.1) is 33.0 Å². The van der Waals surface area contributed by atoms with E-state index in [1.54, 1.807) is 18.4 Å². The largest absolute Gasteiger partial charge is 0.375 e. The second-order valence-corrected chi connectivity index (χ2v) is 9.82. The normalized spacial score (nSPS) is 17.0. The van der Waals surface area contributed by atoms with Crippen LogP contribution in [-0.2, 0) is 9.53 Å². The first kappa shape index (κ1) is 21.6. The maximum absolute atomic E-state index is 11.8. The van der Waals surface area contributed by atoms with Crippen molar-refractivity contribution in [1.82, 2.24) is 20.1 Å². The van der Waals surface area contributed by atoms with Gasteiger partial charge in [0.1, 0.15) is 5.82 Å². The van der Waals surface area contributed by atoms with Crippen LogP contribution in [0.25, 0.3) is 20.8 Å². The second-order valence-electron chi connectivity index (χ2n) is 8.76. The van der Waals surface area contributed by atoms with Crippen LogP contribution in [0.4, 0.5) is 11.5 Å². The molecular weight excluding hydrogens is 412 g/mol. The van der Waals surface area contributed by atoms with Crippen LogP contribution in [-0.4, -0.2) is 46.4 Å². The van der Waals surface area contributed by atoms with Crippen LogP contribution < -0.4 is 16.0 Å². The highest BCUT2D eigenvalue weighted by molar-refractivity contribution is 7.22. The molecule has 3 aromatic heterocycles. The number of pyridine rings is 1. The molecule has 1 aliphatic rings. The number of hydrogen-bond acceptors (Lipinski definition) is 7. The van der Waals surface area contributed by atoms with Gasteiger partial charge in [-0.15, -0.1) is 11.3 Å². The van der Waals surface area contributed by atoms with E-state index in [9.17, 15) is 4.79 Å². The van der Waals surface area contributed by atoms with E-state index < -0.39 is 0 Å². The summed E-state index contributed by atoms with van der Waals surface area (Å²) in [7, 11) is 1.64. The summed E-state index contributed by atoms with van der Waals surface area (Å²) in [5.41, 5.74) is 2.66. The predicted octanol–water partition coefficient (Wildman–Crippen LogP) is 4.23. The van der Waals surface area contributed by atoms with Crippen molar-refractivity contribution in [3.8, 4) is 10.6 Å². The van der Waals surface area contributed by atoms with E-state index in [1.807, 2.05) is 23.0 Å². The number of aromatic nitrogens is 3. The summed E-state index contributed by atoms with van der Waals surface area (Å²) >= 11 is 1.64. The van der Waals surface area contributed by atoms with E-state index in [2.05, 4.69) is 47.9 Å². The quantitative estimate of drug-likeness (QED) is 0.529. The minimum atomic E-state index is -0.130. The zero-order chi connectivity index (χ0) is 22.0. The number of fused-ring (bicyclic) bond motifs is 1. The Morgan fingerprint density at radius 3 is 2.87 bits per heavy atom. The lowest BCUT2D eigenvalue weighted by Crippen LogP contribution is -2.27. The number of anilines is 2. The Kier molecular flexibility index (Phi) is 6.15. The number of ether oxygens (including phenoxy) is 1. The molecule has 1 amide bonds. The van der Waals surface area contributed by atoms with Crippen molar-refractivity contribution in [2.45, 2.75) is 51.8 Å². The Balaban J connectivity index is 1.73. The van der Waals surface area contributed by atoms with Crippen LogP contribution in [0.3, 0.4) is 0 Å². The summed E-state index contributed by atoms with van der Waals surface area (Å²) in [5, 5.41) is 13.9. The zero-order valence-electron chi connectivity index (χ0n) is 18.5. The molecule has 3 N–H and O–H groups in total. The lowest BCUT2D eigenvalue weighted by Gasteiger charge is -2.24. The summed E-state index contributed by atoms with van der Waals surface area (Å²) in [6.45, 7) is 7.26. The smallest absolute Gasteiger partial charge is 0.239 e. The fourth-order valence-electron chi connectivity index (χ4n) is 3.65. The number of rotatable bonds is 6. The molecule has 0 aromatic carbocycles. The molecule has 166 valence electrons. The number of carbonyl (C=O) groups excluding carboxylic acids is 1. The minimum Gasteiger partial charge on any atom is -0.375 e. The lowest BCUT2D eigenvalue weighted by atomic mass is 10.1. The van der Waals surface area contributed by atoms with Crippen LogP contribution >= 0.6 is 11.3 Å². The maximum atomic E-state index is 11.8. The number of likely N-dealkylation sites (N-methyl/N-ethyl adjacent to an activating group) is 1. The Morgan fingerprint density at radius 1 is 1.32 bits per heavy atom. The van der Waals surface area contributed by atoms with Gasteiger partial charge in [0.2, 0.25) is 5.91 Å². The second kappa shape index (κ2) is 8.84. The molecule has 9 heteroatoms. The zero-order valence-corrected chi connectivity index (χ0v) is 19.3. The Bertz CT molecular complexity index is 1060. The minimum absolute atomic E-state index is 0.0270. The van der Waals surface area contributed by atoms with Crippen molar-refractivity contribution < 1.29 is 9.53 Å². The van der Waals surface area contributed by atoms with E-state index in [-0.39, 0.29) is 24.2 Å². The summed E-state index contributed by atoms with van der Waals surface area (Å²) in [6, 6.07) is 6.09. The van der Waals surface area contributed by atoms with E-state index in [0.29, 0.717) is 0 Å². The Morgan fingerprint density at radius 2 is 2.16 bits per heavy atom. The van der Waals surface area contributed by atoms with E-state index in [0.717, 1.165) is 58.2 Å². The number of nitrogens with zero attached hydrogens (tertiary/aromatic N) is 3. The molecule has 1 fully saturated rings. The third-order valence-electron chi connectivity index (χ3n) is 5.05. The summed E-state index contributed by atoms with van der Waals surface area (Å²) in [4.78, 5) is 17.7. The number of hydrogen-bond donors (Lipinski definition) is 3. The molecule has 8 nitrogen and oxygen atoms in total. The first-order chi connectivity index (χ1) is 14.8. The molecular formula is C22H30N6O2S. The van der Waals surface area contributed by atoms with Crippen LogP contribution in [0.15, 0.2) is 24.4 Å². The van der Waals surface area contributed by atoms with Crippen molar-refractivity contribution in [3.05, 3.63) is 24.4 Å². The first-order valence-corrected chi connectivity index (χ1v) is 11.5. The van der Waals surface area contributed by atoms with Gasteiger partial charge in [0.25, 0.3) is 0 Å². The fourth-order valence-corrected chi connectivity index (χ4v) is 4.75. The van der Waals surface area contributed by atoms with Gasteiger partial charge in [0, 0.05) is 31.5 Å². The third-order valence-corrected chi connectivity index (χ3v) is 6.23. The highest BCUT2D eigenvalue weighted by Gasteiger charge is 2.22. The standard InChI is InChI=1S/C22H30N6O2S/c1-22(2,3)27-18-12-14(24-13-19(29)23-4)21-15(26-18)11-17(31-21)16-8-9-25-28(16)20-7-5-6-10-30-20/h8-9,11-12,20H,5-7,10,13H2,1-4H3,(H,23,29)(H2,24,26,27). The maximum Gasteiger partial charge on any atom is 0.239 e. The molecule has 0 aliphatic carbocycles. The van der Waals surface area contributed by atoms with Gasteiger partial charge in [-0.2, -0.15) is 5.10 Å².